The number of thioether (sulfide) groups is 1. The molecule has 0 atom stereocenters. The van der Waals surface area contributed by atoms with E-state index in [1.165, 1.54) is 6.92 Å². The van der Waals surface area contributed by atoms with Gasteiger partial charge >= 0.3 is 0 Å². The molecule has 94 valence electrons. The van der Waals surface area contributed by atoms with E-state index in [1.54, 1.807) is 6.07 Å². The van der Waals surface area contributed by atoms with Gasteiger partial charge in [-0.25, -0.2) is 4.98 Å². The van der Waals surface area contributed by atoms with Gasteiger partial charge in [-0.3, -0.25) is 9.59 Å². The first-order chi connectivity index (χ1) is 8.43. The van der Waals surface area contributed by atoms with E-state index < -0.39 is 11.3 Å². The monoisotopic (exact) mass is 265 g/mol. The van der Waals surface area contributed by atoms with Gasteiger partial charge in [0.1, 0.15) is 17.5 Å². The number of carbonyl (C=O) groups is 1. The van der Waals surface area contributed by atoms with Crippen molar-refractivity contribution in [1.29, 1.82) is 5.26 Å². The summed E-state index contributed by atoms with van der Waals surface area (Å²) in [7, 11) is 0. The quantitative estimate of drug-likeness (QED) is 0.296. The number of allylic oxidation sites excluding steroid dienone is 2. The number of carbonyl (C=O) groups excluding carboxylic acids is 1. The van der Waals surface area contributed by atoms with E-state index in [9.17, 15) is 9.59 Å². The molecular formula is C10H11N5O2S. The molecule has 0 saturated heterocycles. The summed E-state index contributed by atoms with van der Waals surface area (Å²) in [5, 5.41) is 8.96. The molecule has 1 heterocycles. The van der Waals surface area contributed by atoms with Gasteiger partial charge < -0.3 is 16.5 Å². The molecule has 0 spiro atoms. The summed E-state index contributed by atoms with van der Waals surface area (Å²) in [4.78, 5) is 29.0. The molecule has 0 aliphatic carbocycles. The molecule has 0 amide bonds. The molecule has 0 fully saturated rings. The van der Waals surface area contributed by atoms with Crippen molar-refractivity contribution in [2.24, 2.45) is 5.73 Å². The fourth-order valence-corrected chi connectivity index (χ4v) is 1.85. The molecule has 0 aliphatic rings. The van der Waals surface area contributed by atoms with Crippen LogP contribution in [0.4, 0.5) is 5.82 Å². The minimum absolute atomic E-state index is 0.0518. The maximum atomic E-state index is 11.6. The van der Waals surface area contributed by atoms with Crippen LogP contribution in [0.3, 0.4) is 0 Å². The van der Waals surface area contributed by atoms with Crippen LogP contribution in [0, 0.1) is 11.3 Å². The van der Waals surface area contributed by atoms with Crippen LogP contribution < -0.4 is 17.0 Å². The summed E-state index contributed by atoms with van der Waals surface area (Å²) in [5.74, 6) is -0.406. The number of aromatic nitrogens is 2. The van der Waals surface area contributed by atoms with Crippen LogP contribution in [-0.4, -0.2) is 21.5 Å². The zero-order valence-electron chi connectivity index (χ0n) is 9.56. The van der Waals surface area contributed by atoms with Gasteiger partial charge in [-0.2, -0.15) is 5.26 Å². The standard InChI is InChI=1S/C10H11N5O2S/c1-5(12)6(3-11)7(16)4-18-10-14-8(13)2-9(17)15-10/h2H,4,12H2,1H3,(H3,13,14,15,17)/b6-5+. The van der Waals surface area contributed by atoms with Gasteiger partial charge in [0.05, 0.1) is 5.75 Å². The first-order valence-corrected chi connectivity index (χ1v) is 5.82. The molecule has 1 rings (SSSR count). The van der Waals surface area contributed by atoms with Gasteiger partial charge in [0.2, 0.25) is 0 Å². The highest BCUT2D eigenvalue weighted by Crippen LogP contribution is 2.14. The van der Waals surface area contributed by atoms with E-state index in [4.69, 9.17) is 16.7 Å². The molecule has 0 unspecified atom stereocenters. The van der Waals surface area contributed by atoms with Gasteiger partial charge in [-0.05, 0) is 6.92 Å². The molecular weight excluding hydrogens is 254 g/mol. The molecule has 0 bridgehead atoms. The minimum atomic E-state index is -0.424. The maximum absolute atomic E-state index is 11.6. The van der Waals surface area contributed by atoms with Crippen molar-refractivity contribution in [2.45, 2.75) is 12.1 Å². The number of nitrogens with one attached hydrogen (secondary N) is 1. The van der Waals surface area contributed by atoms with E-state index in [1.807, 2.05) is 0 Å². The molecule has 8 heteroatoms. The highest BCUT2D eigenvalue weighted by molar-refractivity contribution is 7.99. The van der Waals surface area contributed by atoms with Crippen LogP contribution in [0.15, 0.2) is 27.3 Å². The van der Waals surface area contributed by atoms with E-state index in [0.29, 0.717) is 0 Å². The Hall–Kier alpha value is -2.27. The smallest absolute Gasteiger partial charge is 0.253 e. The third kappa shape index (κ3) is 3.64. The Kier molecular flexibility index (Phi) is 4.51. The molecule has 0 saturated carbocycles. The number of hydrogen-bond donors (Lipinski definition) is 3. The predicted octanol–water partition coefficient (Wildman–Crippen LogP) is -0.230. The Balaban J connectivity index is 2.78. The largest absolute Gasteiger partial charge is 0.401 e. The van der Waals surface area contributed by atoms with E-state index >= 15 is 0 Å². The number of H-pyrrole nitrogens is 1. The van der Waals surface area contributed by atoms with Gasteiger partial charge in [-0.15, -0.1) is 0 Å². The summed E-state index contributed by atoms with van der Waals surface area (Å²) in [5.41, 5.74) is 10.5. The fourth-order valence-electron chi connectivity index (χ4n) is 1.10. The number of hydrogen-bond acceptors (Lipinski definition) is 7. The van der Waals surface area contributed by atoms with Gasteiger partial charge in [0.25, 0.3) is 5.56 Å². The first kappa shape index (κ1) is 13.8. The minimum Gasteiger partial charge on any atom is -0.401 e. The lowest BCUT2D eigenvalue weighted by Gasteiger charge is -2.01. The lowest BCUT2D eigenvalue weighted by Crippen LogP contribution is -2.13. The van der Waals surface area contributed by atoms with E-state index in [2.05, 4.69) is 9.97 Å². The van der Waals surface area contributed by atoms with E-state index in [0.717, 1.165) is 17.8 Å². The second-order valence-corrected chi connectivity index (χ2v) is 4.32. The molecule has 0 aliphatic heterocycles. The van der Waals surface area contributed by atoms with Gasteiger partial charge in [-0.1, -0.05) is 11.8 Å². The first-order valence-electron chi connectivity index (χ1n) is 4.83. The van der Waals surface area contributed by atoms with Crippen molar-refractivity contribution < 1.29 is 4.79 Å². The summed E-state index contributed by atoms with van der Waals surface area (Å²) in [6.07, 6.45) is 0. The van der Waals surface area contributed by atoms with Crippen molar-refractivity contribution in [1.82, 2.24) is 9.97 Å². The Morgan fingerprint density at radius 3 is 2.83 bits per heavy atom. The van der Waals surface area contributed by atoms with Crippen molar-refractivity contribution >= 4 is 23.4 Å². The molecule has 0 aromatic carbocycles. The number of ketones is 1. The van der Waals surface area contributed by atoms with Crippen LogP contribution >= 0.6 is 11.8 Å². The maximum Gasteiger partial charge on any atom is 0.253 e. The third-order valence-electron chi connectivity index (χ3n) is 1.86. The SMILES string of the molecule is C/C(N)=C(/C#N)C(=O)CSc1nc(N)cc(=O)[nH]1. The Morgan fingerprint density at radius 1 is 1.67 bits per heavy atom. The van der Waals surface area contributed by atoms with Crippen LogP contribution in [0.5, 0.6) is 0 Å². The normalized spacial score (nSPS) is 11.6. The number of rotatable bonds is 4. The molecule has 0 radical (unpaired) electrons. The van der Waals surface area contributed by atoms with Gasteiger partial charge in [0, 0.05) is 11.8 Å². The second-order valence-electron chi connectivity index (χ2n) is 3.36. The molecule has 18 heavy (non-hydrogen) atoms. The average Bonchev–Trinajstić information content (AvgIpc) is 2.25. The third-order valence-corrected chi connectivity index (χ3v) is 2.74. The van der Waals surface area contributed by atoms with Crippen molar-refractivity contribution in [2.75, 3.05) is 11.5 Å². The highest BCUT2D eigenvalue weighted by Gasteiger charge is 2.12. The van der Waals surface area contributed by atoms with Gasteiger partial charge in [0.15, 0.2) is 10.9 Å². The Labute approximate surface area is 107 Å². The number of nitriles is 1. The molecule has 1 aromatic rings. The van der Waals surface area contributed by atoms with E-state index in [-0.39, 0.29) is 28.0 Å². The topological polar surface area (TPSA) is 139 Å². The number of nitrogens with zero attached hydrogens (tertiary/aromatic N) is 2. The average molecular weight is 265 g/mol. The zero-order valence-corrected chi connectivity index (χ0v) is 10.4. The van der Waals surface area contributed by atoms with Crippen LogP contribution in [-0.2, 0) is 4.79 Å². The lowest BCUT2D eigenvalue weighted by atomic mass is 10.2. The summed E-state index contributed by atoms with van der Waals surface area (Å²) in [6.45, 7) is 1.47. The van der Waals surface area contributed by atoms with Crippen LogP contribution in [0.25, 0.3) is 0 Å². The lowest BCUT2D eigenvalue weighted by molar-refractivity contribution is -0.112. The number of nitrogen functional groups attached to an aromatic ring is 1. The summed E-state index contributed by atoms with van der Waals surface area (Å²) < 4.78 is 0. The Morgan fingerprint density at radius 2 is 2.33 bits per heavy atom. The number of anilines is 1. The van der Waals surface area contributed by atoms with Crippen molar-refractivity contribution in [3.63, 3.8) is 0 Å². The van der Waals surface area contributed by atoms with Crippen LogP contribution in [0.1, 0.15) is 6.92 Å². The van der Waals surface area contributed by atoms with Crippen LogP contribution in [0.2, 0.25) is 0 Å². The molecule has 7 nitrogen and oxygen atoms in total. The molecule has 1 aromatic heterocycles. The fraction of sp³-hybridized carbons (Fsp3) is 0.200. The summed E-state index contributed by atoms with van der Waals surface area (Å²) >= 11 is 0.981. The zero-order chi connectivity index (χ0) is 13.7. The summed E-state index contributed by atoms with van der Waals surface area (Å²) in [6, 6.07) is 2.87. The van der Waals surface area contributed by atoms with Crippen molar-refractivity contribution in [3.05, 3.63) is 27.7 Å². The number of nitrogens with two attached hydrogens (primary N) is 2. The number of aromatic amines is 1. The Bertz CT molecular complexity index is 595. The number of Topliss-reactive ketones (excluding diaryl/α,β-unsaturated/α-hetero) is 1. The second kappa shape index (κ2) is 5.88. The van der Waals surface area contributed by atoms with Crippen molar-refractivity contribution in [3.8, 4) is 6.07 Å². The highest BCUT2D eigenvalue weighted by atomic mass is 32.2. The predicted molar refractivity (Wildman–Crippen MR) is 67.5 cm³/mol. The molecule has 5 N–H and O–H groups in total.